The zero-order chi connectivity index (χ0) is 35.6. The molecule has 1 spiro atoms. The number of hydrogen-bond acceptors (Lipinski definition) is 2. The highest BCUT2D eigenvalue weighted by atomic mass is 16.3. The lowest BCUT2D eigenvalue weighted by atomic mass is 9.70. The van der Waals surface area contributed by atoms with Crippen LogP contribution in [0.25, 0.3) is 110 Å². The highest BCUT2D eigenvalue weighted by Gasteiger charge is 2.53. The van der Waals surface area contributed by atoms with Crippen molar-refractivity contribution in [1.82, 2.24) is 0 Å². The molecule has 0 radical (unpaired) electrons. The van der Waals surface area contributed by atoms with E-state index in [2.05, 4.69) is 170 Å². The Bertz CT molecular complexity index is 3610. The van der Waals surface area contributed by atoms with Crippen LogP contribution in [0.1, 0.15) is 22.3 Å². The Labute approximate surface area is 314 Å². The van der Waals surface area contributed by atoms with Crippen molar-refractivity contribution in [3.05, 3.63) is 192 Å². The number of para-hydroxylation sites is 2. The largest absolute Gasteiger partial charge is 0.455 e. The van der Waals surface area contributed by atoms with Gasteiger partial charge in [-0.2, -0.15) is 0 Å². The first-order chi connectivity index (χ1) is 27.3. The van der Waals surface area contributed by atoms with Crippen LogP contribution < -0.4 is 0 Å². The van der Waals surface area contributed by atoms with Gasteiger partial charge in [-0.15, -0.1) is 0 Å². The lowest BCUT2D eigenvalue weighted by Gasteiger charge is -2.30. The van der Waals surface area contributed by atoms with Gasteiger partial charge in [0.1, 0.15) is 22.3 Å². The number of rotatable bonds is 1. The summed E-state index contributed by atoms with van der Waals surface area (Å²) in [4.78, 5) is 0. The zero-order valence-electron chi connectivity index (χ0n) is 29.5. The maximum atomic E-state index is 7.10. The molecule has 0 bridgehead atoms. The maximum absolute atomic E-state index is 7.10. The van der Waals surface area contributed by atoms with E-state index >= 15 is 0 Å². The fourth-order valence-electron chi connectivity index (χ4n) is 10.9. The van der Waals surface area contributed by atoms with Crippen molar-refractivity contribution >= 4 is 76.2 Å². The summed E-state index contributed by atoms with van der Waals surface area (Å²) in [5.41, 5.74) is 15.4. The number of furan rings is 2. The molecular formula is C53H28O2. The molecule has 10 aromatic carbocycles. The maximum Gasteiger partial charge on any atom is 0.143 e. The van der Waals surface area contributed by atoms with E-state index in [1.54, 1.807) is 0 Å². The van der Waals surface area contributed by atoms with E-state index in [-0.39, 0.29) is 0 Å². The van der Waals surface area contributed by atoms with Gasteiger partial charge < -0.3 is 8.83 Å². The Hall–Kier alpha value is -7.16. The first kappa shape index (κ1) is 28.4. The highest BCUT2D eigenvalue weighted by Crippen LogP contribution is 2.66. The van der Waals surface area contributed by atoms with Gasteiger partial charge in [0.15, 0.2) is 0 Å². The van der Waals surface area contributed by atoms with E-state index in [4.69, 9.17) is 8.83 Å². The van der Waals surface area contributed by atoms with Gasteiger partial charge >= 0.3 is 0 Å². The molecule has 2 heteroatoms. The molecule has 12 aromatic rings. The van der Waals surface area contributed by atoms with Gasteiger partial charge in [-0.05, 0) is 89.5 Å². The van der Waals surface area contributed by atoms with Crippen molar-refractivity contribution in [2.75, 3.05) is 0 Å². The van der Waals surface area contributed by atoms with Crippen LogP contribution in [0.5, 0.6) is 0 Å². The topological polar surface area (TPSA) is 26.3 Å². The van der Waals surface area contributed by atoms with Crippen LogP contribution >= 0.6 is 0 Å². The van der Waals surface area contributed by atoms with Gasteiger partial charge in [0, 0.05) is 38.2 Å². The Balaban J connectivity index is 1.23. The van der Waals surface area contributed by atoms with Crippen LogP contribution in [0.3, 0.4) is 0 Å². The predicted octanol–water partition coefficient (Wildman–Crippen LogP) is 14.4. The molecule has 0 N–H and O–H groups in total. The van der Waals surface area contributed by atoms with Crippen molar-refractivity contribution in [1.29, 1.82) is 0 Å². The van der Waals surface area contributed by atoms with Gasteiger partial charge in [-0.3, -0.25) is 0 Å². The van der Waals surface area contributed by atoms with Crippen LogP contribution in [0.4, 0.5) is 0 Å². The van der Waals surface area contributed by atoms with Crippen LogP contribution in [-0.2, 0) is 5.41 Å². The quantitative estimate of drug-likeness (QED) is 0.160. The molecule has 252 valence electrons. The Morgan fingerprint density at radius 1 is 0.309 bits per heavy atom. The lowest BCUT2D eigenvalue weighted by molar-refractivity contribution is 0.669. The lowest BCUT2D eigenvalue weighted by Crippen LogP contribution is -2.25. The van der Waals surface area contributed by atoms with Crippen molar-refractivity contribution in [2.45, 2.75) is 5.41 Å². The summed E-state index contributed by atoms with van der Waals surface area (Å²) in [7, 11) is 0. The molecule has 0 amide bonds. The van der Waals surface area contributed by atoms with E-state index < -0.39 is 5.41 Å². The first-order valence-corrected chi connectivity index (χ1v) is 19.1. The molecule has 14 rings (SSSR count). The predicted molar refractivity (Wildman–Crippen MR) is 226 cm³/mol. The van der Waals surface area contributed by atoms with Crippen LogP contribution in [0.2, 0.25) is 0 Å². The minimum absolute atomic E-state index is 0.573. The third kappa shape index (κ3) is 3.23. The Morgan fingerprint density at radius 2 is 0.909 bits per heavy atom. The van der Waals surface area contributed by atoms with E-state index in [0.29, 0.717) is 0 Å². The normalized spacial score (nSPS) is 14.0. The van der Waals surface area contributed by atoms with Crippen molar-refractivity contribution in [3.63, 3.8) is 0 Å². The first-order valence-electron chi connectivity index (χ1n) is 19.1. The van der Waals surface area contributed by atoms with Crippen molar-refractivity contribution in [3.8, 4) is 33.4 Å². The standard InChI is InChI=1S/C53H28O2/c1-5-16-40-33(12-1)34-13-2-6-17-41(34)53(40)42-27-26-37-35-14-3-7-18-44(35)54-51(37)50(42)49-43(53)28-39(52-48(49)38-15-4-8-19-45(38)55-52)32-24-22-31-21-20-29-10-9-11-30-23-25-36(32)47(31)46(29)30/h1-28H. The third-order valence-corrected chi connectivity index (χ3v) is 13.0. The van der Waals surface area contributed by atoms with Gasteiger partial charge in [0.2, 0.25) is 0 Å². The fraction of sp³-hybridized carbons (Fsp3) is 0.0189. The summed E-state index contributed by atoms with van der Waals surface area (Å²) >= 11 is 0. The average Bonchev–Trinajstić information content (AvgIpc) is 3.98. The Morgan fingerprint density at radius 3 is 1.69 bits per heavy atom. The smallest absolute Gasteiger partial charge is 0.143 e. The molecule has 0 saturated heterocycles. The molecule has 2 aliphatic carbocycles. The second kappa shape index (κ2) is 9.68. The van der Waals surface area contributed by atoms with Crippen LogP contribution in [0, 0.1) is 0 Å². The van der Waals surface area contributed by atoms with Crippen LogP contribution in [0.15, 0.2) is 179 Å². The molecular weight excluding hydrogens is 669 g/mol. The van der Waals surface area contributed by atoms with Gasteiger partial charge in [-0.1, -0.05) is 152 Å². The SMILES string of the molecule is c1ccc2c(c1)-c1ccccc1C21c2ccc3c(oc4ccccc43)c2-c2c1cc(-c1ccc3ccc4cccc5ccc1c3c45)c1oc3ccccc3c21. The summed E-state index contributed by atoms with van der Waals surface area (Å²) in [5, 5.41) is 12.2. The molecule has 55 heavy (non-hydrogen) atoms. The molecule has 0 aliphatic heterocycles. The third-order valence-electron chi connectivity index (χ3n) is 13.0. The van der Waals surface area contributed by atoms with E-state index in [1.807, 2.05) is 0 Å². The van der Waals surface area contributed by atoms with E-state index in [0.717, 1.165) is 55.0 Å². The van der Waals surface area contributed by atoms with Gasteiger partial charge in [0.05, 0.1) is 5.41 Å². The number of hydrogen-bond donors (Lipinski definition) is 0. The van der Waals surface area contributed by atoms with Gasteiger partial charge in [-0.25, -0.2) is 0 Å². The number of benzene rings is 10. The average molecular weight is 697 g/mol. The minimum Gasteiger partial charge on any atom is -0.455 e. The summed E-state index contributed by atoms with van der Waals surface area (Å²) in [5.74, 6) is 0. The molecule has 2 aromatic heterocycles. The molecule has 0 atom stereocenters. The molecule has 2 aliphatic rings. The summed E-state index contributed by atoms with van der Waals surface area (Å²) in [6, 6.07) is 62.6. The molecule has 2 heterocycles. The summed E-state index contributed by atoms with van der Waals surface area (Å²) < 4.78 is 14.1. The Kier molecular flexibility index (Phi) is 4.99. The summed E-state index contributed by atoms with van der Waals surface area (Å²) in [6.07, 6.45) is 0. The molecule has 0 saturated carbocycles. The zero-order valence-corrected chi connectivity index (χ0v) is 29.5. The van der Waals surface area contributed by atoms with Crippen molar-refractivity contribution < 1.29 is 8.83 Å². The van der Waals surface area contributed by atoms with Gasteiger partial charge in [0.25, 0.3) is 0 Å². The second-order valence-electron chi connectivity index (χ2n) is 15.4. The molecule has 0 fully saturated rings. The minimum atomic E-state index is -0.573. The monoisotopic (exact) mass is 696 g/mol. The second-order valence-corrected chi connectivity index (χ2v) is 15.4. The fourth-order valence-corrected chi connectivity index (χ4v) is 10.9. The summed E-state index contributed by atoms with van der Waals surface area (Å²) in [6.45, 7) is 0. The van der Waals surface area contributed by atoms with Crippen LogP contribution in [-0.4, -0.2) is 0 Å². The van der Waals surface area contributed by atoms with Crippen molar-refractivity contribution in [2.24, 2.45) is 0 Å². The highest BCUT2D eigenvalue weighted by molar-refractivity contribution is 6.28. The molecule has 2 nitrogen and oxygen atoms in total. The molecule has 0 unspecified atom stereocenters. The van der Waals surface area contributed by atoms with E-state index in [9.17, 15) is 0 Å². The number of fused-ring (bicyclic) bond motifs is 18. The van der Waals surface area contributed by atoms with E-state index in [1.165, 1.54) is 76.8 Å².